The van der Waals surface area contributed by atoms with Gasteiger partial charge < -0.3 is 10.0 Å². The minimum Gasteiger partial charge on any atom is -0.392 e. The van der Waals surface area contributed by atoms with Gasteiger partial charge in [-0.1, -0.05) is 68.5 Å². The van der Waals surface area contributed by atoms with Crippen LogP contribution in [-0.2, 0) is 0 Å². The summed E-state index contributed by atoms with van der Waals surface area (Å²) in [5.41, 5.74) is 4.64. The minimum absolute atomic E-state index is 0.0478. The number of hydrogen-bond acceptors (Lipinski definition) is 3. The van der Waals surface area contributed by atoms with E-state index in [0.717, 1.165) is 35.1 Å². The van der Waals surface area contributed by atoms with Crippen LogP contribution >= 0.6 is 23.4 Å². The Bertz CT molecular complexity index is 763. The van der Waals surface area contributed by atoms with Gasteiger partial charge in [-0.15, -0.1) is 24.6 Å². The van der Waals surface area contributed by atoms with Crippen molar-refractivity contribution in [1.29, 1.82) is 0 Å². The fourth-order valence-electron chi connectivity index (χ4n) is 3.25. The van der Waals surface area contributed by atoms with Crippen LogP contribution in [0.15, 0.2) is 81.5 Å². The maximum atomic E-state index is 10.1. The summed E-state index contributed by atoms with van der Waals surface area (Å²) in [5.74, 6) is 1.08. The fraction of sp³-hybridized carbons (Fsp3) is 0.385. The van der Waals surface area contributed by atoms with E-state index in [1.807, 2.05) is 50.3 Å². The predicted molar refractivity (Wildman–Crippen MR) is 137 cm³/mol. The maximum absolute atomic E-state index is 10.1. The first-order valence-electron chi connectivity index (χ1n) is 10.1. The second-order valence-electron chi connectivity index (χ2n) is 6.97. The lowest BCUT2D eigenvalue weighted by atomic mass is 9.90. The van der Waals surface area contributed by atoms with Gasteiger partial charge in [-0.2, -0.15) is 0 Å². The van der Waals surface area contributed by atoms with E-state index >= 15 is 0 Å². The molecular weight excluding hydrogens is 410 g/mol. The van der Waals surface area contributed by atoms with E-state index < -0.39 is 0 Å². The molecule has 0 spiro atoms. The van der Waals surface area contributed by atoms with Crippen LogP contribution in [0, 0.1) is 18.8 Å². The molecule has 0 aromatic rings. The molecule has 164 valence electrons. The van der Waals surface area contributed by atoms with Crippen molar-refractivity contribution in [1.82, 2.24) is 4.90 Å². The van der Waals surface area contributed by atoms with Crippen LogP contribution in [0.4, 0.5) is 0 Å². The van der Waals surface area contributed by atoms with Crippen LogP contribution in [-0.4, -0.2) is 35.5 Å². The standard InChI is InChI=1S/C24H34ClNOS.C2H2/c1-7-10-13-21(25)17-28-23-15-26(14-20(11-8-2)12-9-3)19(6)22(16-27)24(23)18(4)5;1-2/h7-13,18,27H,2,14-17H2,1,3-6H3;1-2H/b10-7-,12-9-,20-11+,21-13+;. The van der Waals surface area contributed by atoms with Gasteiger partial charge in [0.25, 0.3) is 0 Å². The van der Waals surface area contributed by atoms with Crippen molar-refractivity contribution in [2.24, 2.45) is 5.92 Å². The van der Waals surface area contributed by atoms with Crippen molar-refractivity contribution < 1.29 is 5.11 Å². The topological polar surface area (TPSA) is 23.5 Å². The second-order valence-corrected chi connectivity index (χ2v) is 8.53. The molecule has 0 atom stereocenters. The van der Waals surface area contributed by atoms with E-state index in [9.17, 15) is 5.11 Å². The molecule has 1 heterocycles. The van der Waals surface area contributed by atoms with Gasteiger partial charge in [0.2, 0.25) is 0 Å². The third-order valence-electron chi connectivity index (χ3n) is 4.55. The molecule has 2 nitrogen and oxygen atoms in total. The Morgan fingerprint density at radius 1 is 1.27 bits per heavy atom. The van der Waals surface area contributed by atoms with Gasteiger partial charge >= 0.3 is 0 Å². The fourth-order valence-corrected chi connectivity index (χ4v) is 4.66. The highest BCUT2D eigenvalue weighted by atomic mass is 35.5. The quantitative estimate of drug-likeness (QED) is 0.294. The number of halogens is 1. The Hall–Kier alpha value is -1.86. The minimum atomic E-state index is 0.0478. The molecule has 0 bridgehead atoms. The molecule has 30 heavy (non-hydrogen) atoms. The van der Waals surface area contributed by atoms with E-state index in [4.69, 9.17) is 11.6 Å². The molecule has 1 rings (SSSR count). The van der Waals surface area contributed by atoms with Crippen molar-refractivity contribution >= 4 is 23.4 Å². The molecule has 1 aliphatic rings. The summed E-state index contributed by atoms with van der Waals surface area (Å²) in [6.07, 6.45) is 21.9. The van der Waals surface area contributed by atoms with Gasteiger partial charge in [-0.05, 0) is 43.9 Å². The molecular formula is C26H36ClNOS. The van der Waals surface area contributed by atoms with Gasteiger partial charge in [0, 0.05) is 40.0 Å². The highest BCUT2D eigenvalue weighted by Gasteiger charge is 2.26. The van der Waals surface area contributed by atoms with Crippen molar-refractivity contribution in [3.8, 4) is 12.8 Å². The first-order chi connectivity index (χ1) is 14.4. The lowest BCUT2D eigenvalue weighted by Crippen LogP contribution is -2.32. The van der Waals surface area contributed by atoms with Crippen molar-refractivity contribution in [3.63, 3.8) is 0 Å². The summed E-state index contributed by atoms with van der Waals surface area (Å²) in [6.45, 7) is 16.0. The number of rotatable bonds is 10. The van der Waals surface area contributed by atoms with Gasteiger partial charge in [0.05, 0.1) is 6.61 Å². The highest BCUT2D eigenvalue weighted by Crippen LogP contribution is 2.38. The lowest BCUT2D eigenvalue weighted by molar-refractivity contribution is 0.314. The first kappa shape index (κ1) is 28.1. The number of thioether (sulfide) groups is 1. The number of aliphatic hydroxyl groups excluding tert-OH is 1. The number of hydrogen-bond donors (Lipinski definition) is 1. The van der Waals surface area contributed by atoms with Crippen LogP contribution in [0.3, 0.4) is 0 Å². The largest absolute Gasteiger partial charge is 0.392 e. The average Bonchev–Trinajstić information content (AvgIpc) is 2.73. The lowest BCUT2D eigenvalue weighted by Gasteiger charge is -2.36. The molecule has 0 saturated heterocycles. The summed E-state index contributed by atoms with van der Waals surface area (Å²) < 4.78 is 0. The summed E-state index contributed by atoms with van der Waals surface area (Å²) in [7, 11) is 0. The summed E-state index contributed by atoms with van der Waals surface area (Å²) in [5, 5.41) is 11.0. The molecule has 0 aromatic carbocycles. The van der Waals surface area contributed by atoms with Crippen LogP contribution < -0.4 is 0 Å². The van der Waals surface area contributed by atoms with Gasteiger partial charge in [-0.25, -0.2) is 0 Å². The van der Waals surface area contributed by atoms with E-state index in [0.29, 0.717) is 5.92 Å². The number of allylic oxidation sites excluding steroid dienone is 7. The van der Waals surface area contributed by atoms with Crippen LogP contribution in [0.1, 0.15) is 34.6 Å². The Balaban J connectivity index is 0.00000407. The van der Waals surface area contributed by atoms with Crippen molar-refractivity contribution in [2.45, 2.75) is 34.6 Å². The zero-order valence-electron chi connectivity index (χ0n) is 19.0. The van der Waals surface area contributed by atoms with Gasteiger partial charge in [-0.3, -0.25) is 0 Å². The Morgan fingerprint density at radius 3 is 2.43 bits per heavy atom. The molecule has 0 saturated carbocycles. The average molecular weight is 446 g/mol. The van der Waals surface area contributed by atoms with Gasteiger partial charge in [0.15, 0.2) is 0 Å². The smallest absolute Gasteiger partial charge is 0.0701 e. The van der Waals surface area contributed by atoms with E-state index in [1.165, 1.54) is 16.1 Å². The van der Waals surface area contributed by atoms with Gasteiger partial charge in [0.1, 0.15) is 0 Å². The predicted octanol–water partition coefficient (Wildman–Crippen LogP) is 6.85. The Morgan fingerprint density at radius 2 is 1.93 bits per heavy atom. The zero-order chi connectivity index (χ0) is 23.1. The third kappa shape index (κ3) is 8.88. The number of nitrogens with zero attached hydrogens (tertiary/aromatic N) is 1. The summed E-state index contributed by atoms with van der Waals surface area (Å²) in [4.78, 5) is 3.62. The number of aliphatic hydroxyl groups is 1. The van der Waals surface area contributed by atoms with Crippen molar-refractivity contribution in [3.05, 3.63) is 81.5 Å². The van der Waals surface area contributed by atoms with E-state index in [-0.39, 0.29) is 6.61 Å². The first-order valence-corrected chi connectivity index (χ1v) is 11.4. The molecule has 0 amide bonds. The molecule has 0 radical (unpaired) electrons. The highest BCUT2D eigenvalue weighted by molar-refractivity contribution is 8.03. The number of terminal acetylenes is 1. The van der Waals surface area contributed by atoms with Crippen molar-refractivity contribution in [2.75, 3.05) is 25.4 Å². The second kappa shape index (κ2) is 15.9. The Kier molecular flexibility index (Phi) is 14.9. The normalized spacial score (nSPS) is 16.0. The Labute approximate surface area is 193 Å². The molecule has 0 aliphatic carbocycles. The molecule has 0 unspecified atom stereocenters. The molecule has 4 heteroatoms. The van der Waals surface area contributed by atoms with Crippen LogP contribution in [0.25, 0.3) is 0 Å². The van der Waals surface area contributed by atoms with E-state index in [2.05, 4.69) is 51.2 Å². The third-order valence-corrected chi connectivity index (χ3v) is 6.12. The summed E-state index contributed by atoms with van der Waals surface area (Å²) in [6, 6.07) is 0. The van der Waals surface area contributed by atoms with E-state index in [1.54, 1.807) is 11.8 Å². The maximum Gasteiger partial charge on any atom is 0.0701 e. The molecule has 1 N–H and O–H groups in total. The summed E-state index contributed by atoms with van der Waals surface area (Å²) >= 11 is 8.14. The SMILES string of the molecule is C#C.C=C/C=C(\C=C/C)CN1CC(SC/C(Cl)=C\C=C/C)=C(C(C)C)C(CO)=C1C. The molecule has 1 aliphatic heterocycles. The monoisotopic (exact) mass is 445 g/mol. The van der Waals surface area contributed by atoms with Crippen LogP contribution in [0.5, 0.6) is 0 Å². The molecule has 0 fully saturated rings. The molecule has 0 aromatic heterocycles. The van der Waals surface area contributed by atoms with Crippen LogP contribution in [0.2, 0.25) is 0 Å². The zero-order valence-corrected chi connectivity index (χ0v) is 20.6.